The predicted molar refractivity (Wildman–Crippen MR) is 89.7 cm³/mol. The van der Waals surface area contributed by atoms with Crippen molar-refractivity contribution >= 4 is 17.5 Å². The van der Waals surface area contributed by atoms with Crippen molar-refractivity contribution in [2.75, 3.05) is 4.90 Å². The Labute approximate surface area is 166 Å². The summed E-state index contributed by atoms with van der Waals surface area (Å²) in [5.41, 5.74) is -6.56. The number of hydrogen-bond acceptors (Lipinski definition) is 3. The molecule has 1 aromatic rings. The summed E-state index contributed by atoms with van der Waals surface area (Å²) in [5.74, 6) is -0.656. The third kappa shape index (κ3) is 2.34. The van der Waals surface area contributed by atoms with E-state index in [0.717, 1.165) is 36.3 Å². The summed E-state index contributed by atoms with van der Waals surface area (Å²) in [6.07, 6.45) is -9.25. The Balaban J connectivity index is 1.48. The van der Waals surface area contributed by atoms with Gasteiger partial charge in [0, 0.05) is 5.56 Å². The molecule has 4 nitrogen and oxygen atoms in total. The summed E-state index contributed by atoms with van der Waals surface area (Å²) in [7, 11) is 0. The molecular weight excluding hydrogens is 416 g/mol. The molecule has 0 spiro atoms. The average molecular weight is 433 g/mol. The maximum Gasteiger partial charge on any atom is 0.430 e. The first kappa shape index (κ1) is 19.8. The van der Waals surface area contributed by atoms with Gasteiger partial charge in [0.1, 0.15) is 0 Å². The molecule has 5 fully saturated rings. The molecule has 2 bridgehead atoms. The number of hydrogen-bond donors (Lipinski definition) is 1. The lowest BCUT2D eigenvalue weighted by Crippen LogP contribution is -2.53. The number of carbonyl (C=O) groups is 2. The third-order valence-electron chi connectivity index (χ3n) is 7.51. The first-order valence-corrected chi connectivity index (χ1v) is 9.72. The van der Waals surface area contributed by atoms with Gasteiger partial charge in [-0.1, -0.05) is 12.1 Å². The number of rotatable bonds is 2. The van der Waals surface area contributed by atoms with Crippen LogP contribution in [0.2, 0.25) is 0 Å². The molecule has 4 aliphatic carbocycles. The van der Waals surface area contributed by atoms with Crippen LogP contribution in [0.25, 0.3) is 0 Å². The number of imide groups is 1. The van der Waals surface area contributed by atoms with Crippen LogP contribution < -0.4 is 4.90 Å². The molecule has 162 valence electrons. The molecule has 6 atom stereocenters. The Kier molecular flexibility index (Phi) is 3.82. The molecular formula is C20H17F6NO3. The lowest BCUT2D eigenvalue weighted by atomic mass is 9.59. The Morgan fingerprint density at radius 2 is 1.20 bits per heavy atom. The van der Waals surface area contributed by atoms with Gasteiger partial charge in [-0.25, -0.2) is 0 Å². The van der Waals surface area contributed by atoms with Crippen molar-refractivity contribution in [3.8, 4) is 0 Å². The molecule has 0 aromatic heterocycles. The first-order valence-electron chi connectivity index (χ1n) is 9.72. The van der Waals surface area contributed by atoms with Crippen molar-refractivity contribution in [1.29, 1.82) is 0 Å². The lowest BCUT2D eigenvalue weighted by Gasteiger charge is -2.42. The van der Waals surface area contributed by atoms with Crippen LogP contribution in [0.15, 0.2) is 24.3 Å². The van der Waals surface area contributed by atoms with Crippen LogP contribution in [-0.2, 0) is 15.2 Å². The van der Waals surface area contributed by atoms with E-state index in [1.165, 1.54) is 0 Å². The smallest absolute Gasteiger partial charge is 0.369 e. The fourth-order valence-electron chi connectivity index (χ4n) is 6.13. The molecule has 2 amide bonds. The first-order chi connectivity index (χ1) is 13.9. The standard InChI is InChI=1S/C20H17F6NO3/c21-19(22,23)18(30,20(24,25)26)8-1-3-9(4-2-8)27-16(28)14-10-5-6-11(13-7-12(10)13)15(14)17(27)29/h1-4,10-15,30H,5-7H2/t10-,11+,12-,13+,14-,15+. The summed E-state index contributed by atoms with van der Waals surface area (Å²) in [4.78, 5) is 26.9. The van der Waals surface area contributed by atoms with E-state index in [0.29, 0.717) is 24.0 Å². The maximum absolute atomic E-state index is 13.1. The number of aliphatic hydroxyl groups is 1. The van der Waals surface area contributed by atoms with E-state index in [2.05, 4.69) is 0 Å². The number of benzene rings is 1. The second-order valence-electron chi connectivity index (χ2n) is 8.78. The number of alkyl halides is 6. The Morgan fingerprint density at radius 3 is 1.60 bits per heavy atom. The van der Waals surface area contributed by atoms with E-state index in [1.54, 1.807) is 0 Å². The summed E-state index contributed by atoms with van der Waals surface area (Å²) in [6, 6.07) is 2.64. The Bertz CT molecular complexity index is 876. The Morgan fingerprint density at radius 1 is 0.767 bits per heavy atom. The molecule has 1 saturated heterocycles. The summed E-state index contributed by atoms with van der Waals surface area (Å²) in [5, 5.41) is 9.50. The van der Waals surface area contributed by atoms with E-state index in [4.69, 9.17) is 0 Å². The zero-order valence-corrected chi connectivity index (χ0v) is 15.4. The largest absolute Gasteiger partial charge is 0.430 e. The van der Waals surface area contributed by atoms with Crippen LogP contribution in [-0.4, -0.2) is 29.3 Å². The molecule has 4 saturated carbocycles. The summed E-state index contributed by atoms with van der Waals surface area (Å²) >= 11 is 0. The van der Waals surface area contributed by atoms with Crippen LogP contribution in [0.4, 0.5) is 32.0 Å². The van der Waals surface area contributed by atoms with Gasteiger partial charge in [0.25, 0.3) is 5.60 Å². The van der Waals surface area contributed by atoms with E-state index in [-0.39, 0.29) is 17.5 Å². The average Bonchev–Trinajstić information content (AvgIpc) is 3.43. The molecule has 10 heteroatoms. The Hall–Kier alpha value is -2.10. The van der Waals surface area contributed by atoms with Gasteiger partial charge in [-0.15, -0.1) is 0 Å². The van der Waals surface area contributed by atoms with Crippen molar-refractivity contribution < 1.29 is 41.0 Å². The minimum atomic E-state index is -6.00. The van der Waals surface area contributed by atoms with Gasteiger partial charge in [0.2, 0.25) is 11.8 Å². The van der Waals surface area contributed by atoms with Crippen LogP contribution in [0, 0.1) is 35.5 Å². The predicted octanol–water partition coefficient (Wildman–Crippen LogP) is 3.78. The van der Waals surface area contributed by atoms with Crippen LogP contribution in [0.5, 0.6) is 0 Å². The fourth-order valence-corrected chi connectivity index (χ4v) is 6.13. The van der Waals surface area contributed by atoms with Gasteiger partial charge in [-0.3, -0.25) is 14.5 Å². The number of carbonyl (C=O) groups excluding carboxylic acids is 2. The third-order valence-corrected chi connectivity index (χ3v) is 7.51. The van der Waals surface area contributed by atoms with Crippen LogP contribution in [0.1, 0.15) is 24.8 Å². The van der Waals surface area contributed by atoms with Crippen molar-refractivity contribution in [2.24, 2.45) is 35.5 Å². The normalized spacial score (nSPS) is 35.5. The zero-order chi connectivity index (χ0) is 21.8. The number of nitrogens with zero attached hydrogens (tertiary/aromatic N) is 1. The minimum Gasteiger partial charge on any atom is -0.369 e. The van der Waals surface area contributed by atoms with Gasteiger partial charge in [-0.2, -0.15) is 26.3 Å². The summed E-state index contributed by atoms with van der Waals surface area (Å²) in [6.45, 7) is 0. The van der Waals surface area contributed by atoms with Gasteiger partial charge in [0.15, 0.2) is 0 Å². The molecule has 1 aromatic carbocycles. The number of amides is 2. The molecule has 30 heavy (non-hydrogen) atoms. The SMILES string of the molecule is O=C1[C@@H]2[C@@H]3CC[C@@H]([C@@H]4C[C@@H]43)[C@@H]2C(=O)N1c1ccc(C(O)(C(F)(F)F)C(F)(F)F)cc1. The topological polar surface area (TPSA) is 57.6 Å². The molecule has 0 radical (unpaired) electrons. The lowest BCUT2D eigenvalue weighted by molar-refractivity contribution is -0.376. The highest BCUT2D eigenvalue weighted by Crippen LogP contribution is 2.68. The molecule has 6 rings (SSSR count). The zero-order valence-electron chi connectivity index (χ0n) is 15.4. The van der Waals surface area contributed by atoms with Crippen molar-refractivity contribution in [1.82, 2.24) is 0 Å². The fraction of sp³-hybridized carbons (Fsp3) is 0.600. The molecule has 1 aliphatic heterocycles. The van der Waals surface area contributed by atoms with Gasteiger partial charge >= 0.3 is 12.4 Å². The maximum atomic E-state index is 13.1. The molecule has 5 aliphatic rings. The highest BCUT2D eigenvalue weighted by atomic mass is 19.4. The number of anilines is 1. The van der Waals surface area contributed by atoms with E-state index < -0.39 is 47.2 Å². The van der Waals surface area contributed by atoms with Crippen LogP contribution >= 0.6 is 0 Å². The van der Waals surface area contributed by atoms with Crippen molar-refractivity contribution in [3.63, 3.8) is 0 Å². The molecule has 1 heterocycles. The van der Waals surface area contributed by atoms with Crippen LogP contribution in [0.3, 0.4) is 0 Å². The number of fused-ring (bicyclic) bond motifs is 1. The minimum absolute atomic E-state index is 0.0806. The second-order valence-corrected chi connectivity index (χ2v) is 8.78. The number of halogens is 6. The quantitative estimate of drug-likeness (QED) is 0.571. The highest BCUT2D eigenvalue weighted by Gasteiger charge is 2.72. The summed E-state index contributed by atoms with van der Waals surface area (Å²) < 4.78 is 78.3. The van der Waals surface area contributed by atoms with Crippen molar-refractivity contribution in [3.05, 3.63) is 29.8 Å². The monoisotopic (exact) mass is 433 g/mol. The highest BCUT2D eigenvalue weighted by molar-refractivity contribution is 6.22. The molecule has 0 unspecified atom stereocenters. The molecule has 1 N–H and O–H groups in total. The van der Waals surface area contributed by atoms with Crippen molar-refractivity contribution in [2.45, 2.75) is 37.2 Å². The second kappa shape index (κ2) is 5.77. The van der Waals surface area contributed by atoms with E-state index in [9.17, 15) is 41.0 Å². The van der Waals surface area contributed by atoms with Gasteiger partial charge < -0.3 is 5.11 Å². The van der Waals surface area contributed by atoms with E-state index >= 15 is 0 Å². The van der Waals surface area contributed by atoms with Gasteiger partial charge in [0.05, 0.1) is 17.5 Å². The van der Waals surface area contributed by atoms with Gasteiger partial charge in [-0.05, 0) is 55.1 Å². The van der Waals surface area contributed by atoms with E-state index in [1.807, 2.05) is 0 Å².